The van der Waals surface area contributed by atoms with Gasteiger partial charge < -0.3 is 19.4 Å². The number of aliphatic hydroxyl groups is 1. The number of rotatable bonds is 6. The summed E-state index contributed by atoms with van der Waals surface area (Å²) >= 11 is 0. The number of oxazole rings is 1. The van der Waals surface area contributed by atoms with Crippen molar-refractivity contribution in [3.63, 3.8) is 0 Å². The number of hydrogen-bond acceptors (Lipinski definition) is 6. The monoisotopic (exact) mass is 352 g/mol. The Bertz CT molecular complexity index is 1000. The molecule has 132 valence electrons. The SMILES string of the molecule is CCC(O)c1ccc(OCc2nc3ccc(C(=O)O)cc3o2)c(C#N)c1. The summed E-state index contributed by atoms with van der Waals surface area (Å²) in [7, 11) is 0. The fourth-order valence-corrected chi connectivity index (χ4v) is 2.51. The largest absolute Gasteiger partial charge is 0.482 e. The summed E-state index contributed by atoms with van der Waals surface area (Å²) in [6, 6.07) is 11.4. The number of nitriles is 1. The highest BCUT2D eigenvalue weighted by molar-refractivity contribution is 5.91. The predicted molar refractivity (Wildman–Crippen MR) is 91.7 cm³/mol. The lowest BCUT2D eigenvalue weighted by Gasteiger charge is -2.11. The first kappa shape index (κ1) is 17.5. The second kappa shape index (κ2) is 7.25. The summed E-state index contributed by atoms with van der Waals surface area (Å²) in [4.78, 5) is 15.2. The molecule has 0 aliphatic carbocycles. The molecule has 1 unspecified atom stereocenters. The van der Waals surface area contributed by atoms with E-state index in [-0.39, 0.29) is 18.1 Å². The number of aliphatic hydroxyl groups excluding tert-OH is 1. The van der Waals surface area contributed by atoms with Crippen LogP contribution >= 0.6 is 0 Å². The molecule has 1 heterocycles. The minimum Gasteiger partial charge on any atom is -0.482 e. The molecule has 0 amide bonds. The maximum atomic E-state index is 11.0. The van der Waals surface area contributed by atoms with Gasteiger partial charge in [-0.2, -0.15) is 5.26 Å². The number of aromatic carboxylic acids is 1. The Balaban J connectivity index is 1.79. The van der Waals surface area contributed by atoms with Gasteiger partial charge in [0, 0.05) is 0 Å². The molecule has 2 N–H and O–H groups in total. The fourth-order valence-electron chi connectivity index (χ4n) is 2.51. The number of carboxylic acid groups (broad SMARTS) is 1. The first-order valence-corrected chi connectivity index (χ1v) is 7.99. The van der Waals surface area contributed by atoms with Gasteiger partial charge in [-0.3, -0.25) is 0 Å². The first-order valence-electron chi connectivity index (χ1n) is 7.99. The highest BCUT2D eigenvalue weighted by Crippen LogP contribution is 2.26. The van der Waals surface area contributed by atoms with Crippen molar-refractivity contribution in [1.82, 2.24) is 4.98 Å². The lowest BCUT2D eigenvalue weighted by molar-refractivity contribution is 0.0697. The number of hydrogen-bond donors (Lipinski definition) is 2. The van der Waals surface area contributed by atoms with Crippen molar-refractivity contribution in [2.75, 3.05) is 0 Å². The average Bonchev–Trinajstić information content (AvgIpc) is 3.07. The standard InChI is InChI=1S/C19H16N2O5/c1-2-15(22)11-4-6-16(13(7-11)9-20)25-10-18-21-14-5-3-12(19(23)24)8-17(14)26-18/h3-8,15,22H,2,10H2,1H3,(H,23,24). The predicted octanol–water partition coefficient (Wildman–Crippen LogP) is 3.42. The van der Waals surface area contributed by atoms with Crippen LogP contribution in [0.1, 0.15) is 46.8 Å². The van der Waals surface area contributed by atoms with Crippen molar-refractivity contribution in [2.45, 2.75) is 26.1 Å². The van der Waals surface area contributed by atoms with Crippen molar-refractivity contribution < 1.29 is 24.2 Å². The Labute approximate surface area is 149 Å². The molecule has 0 saturated heterocycles. The van der Waals surface area contributed by atoms with E-state index in [0.717, 1.165) is 0 Å². The van der Waals surface area contributed by atoms with E-state index in [1.165, 1.54) is 12.1 Å². The van der Waals surface area contributed by atoms with E-state index >= 15 is 0 Å². The molecule has 0 spiro atoms. The minimum atomic E-state index is -1.05. The Morgan fingerprint density at radius 3 is 2.85 bits per heavy atom. The Morgan fingerprint density at radius 2 is 2.15 bits per heavy atom. The molecule has 1 atom stereocenters. The molecule has 3 aromatic rings. The van der Waals surface area contributed by atoms with Gasteiger partial charge >= 0.3 is 5.97 Å². The molecule has 0 saturated carbocycles. The molecule has 7 heteroatoms. The van der Waals surface area contributed by atoms with Gasteiger partial charge in [-0.1, -0.05) is 13.0 Å². The zero-order chi connectivity index (χ0) is 18.7. The van der Waals surface area contributed by atoms with Crippen molar-refractivity contribution >= 4 is 17.1 Å². The number of fused-ring (bicyclic) bond motifs is 1. The van der Waals surface area contributed by atoms with Crippen molar-refractivity contribution in [3.8, 4) is 11.8 Å². The van der Waals surface area contributed by atoms with Gasteiger partial charge in [0.05, 0.1) is 17.2 Å². The maximum Gasteiger partial charge on any atom is 0.335 e. The second-order valence-corrected chi connectivity index (χ2v) is 5.68. The summed E-state index contributed by atoms with van der Waals surface area (Å²) in [5.41, 5.74) is 1.94. The Morgan fingerprint density at radius 1 is 1.35 bits per heavy atom. The van der Waals surface area contributed by atoms with Gasteiger partial charge in [0.1, 0.15) is 17.3 Å². The highest BCUT2D eigenvalue weighted by Gasteiger charge is 2.13. The average molecular weight is 352 g/mol. The smallest absolute Gasteiger partial charge is 0.335 e. The van der Waals surface area contributed by atoms with E-state index in [1.54, 1.807) is 24.3 Å². The molecule has 3 rings (SSSR count). The maximum absolute atomic E-state index is 11.0. The molecular weight excluding hydrogens is 336 g/mol. The van der Waals surface area contributed by atoms with Gasteiger partial charge in [-0.25, -0.2) is 9.78 Å². The van der Waals surface area contributed by atoms with Crippen LogP contribution in [0.25, 0.3) is 11.1 Å². The summed E-state index contributed by atoms with van der Waals surface area (Å²) in [6.07, 6.45) is -0.0802. The third kappa shape index (κ3) is 3.50. The molecule has 7 nitrogen and oxygen atoms in total. The molecule has 26 heavy (non-hydrogen) atoms. The van der Waals surface area contributed by atoms with Crippen LogP contribution < -0.4 is 4.74 Å². The molecule has 0 aliphatic heterocycles. The highest BCUT2D eigenvalue weighted by atomic mass is 16.5. The number of aromatic nitrogens is 1. The van der Waals surface area contributed by atoms with Crippen LogP contribution in [-0.4, -0.2) is 21.2 Å². The van der Waals surface area contributed by atoms with E-state index in [1.807, 2.05) is 13.0 Å². The van der Waals surface area contributed by atoms with Crippen molar-refractivity contribution in [1.29, 1.82) is 5.26 Å². The summed E-state index contributed by atoms with van der Waals surface area (Å²) in [5.74, 6) is -0.425. The molecule has 0 bridgehead atoms. The number of carboxylic acids is 1. The van der Waals surface area contributed by atoms with Crippen LogP contribution in [0, 0.1) is 11.3 Å². The van der Waals surface area contributed by atoms with E-state index in [0.29, 0.717) is 34.4 Å². The minimum absolute atomic E-state index is 0.0125. The van der Waals surface area contributed by atoms with Crippen molar-refractivity contribution in [2.24, 2.45) is 0 Å². The van der Waals surface area contributed by atoms with Crippen LogP contribution in [0.5, 0.6) is 5.75 Å². The summed E-state index contributed by atoms with van der Waals surface area (Å²) < 4.78 is 11.1. The topological polar surface area (TPSA) is 117 Å². The van der Waals surface area contributed by atoms with E-state index in [2.05, 4.69) is 4.98 Å². The molecule has 0 fully saturated rings. The summed E-state index contributed by atoms with van der Waals surface area (Å²) in [6.45, 7) is 1.84. The quantitative estimate of drug-likeness (QED) is 0.698. The van der Waals surface area contributed by atoms with Crippen LogP contribution in [0.2, 0.25) is 0 Å². The molecule has 1 aromatic heterocycles. The van der Waals surface area contributed by atoms with Gasteiger partial charge in [0.25, 0.3) is 0 Å². The van der Waals surface area contributed by atoms with Gasteiger partial charge in [0.15, 0.2) is 12.2 Å². The normalized spacial score (nSPS) is 11.9. The third-order valence-corrected chi connectivity index (χ3v) is 3.93. The van der Waals surface area contributed by atoms with Crippen molar-refractivity contribution in [3.05, 3.63) is 59.0 Å². The molecule has 0 aliphatic rings. The Kier molecular flexibility index (Phi) is 4.87. The number of benzene rings is 2. The van der Waals surface area contributed by atoms with Gasteiger partial charge in [0.2, 0.25) is 5.89 Å². The Hall–Kier alpha value is -3.37. The van der Waals surface area contributed by atoms with Crippen LogP contribution in [0.15, 0.2) is 40.8 Å². The van der Waals surface area contributed by atoms with Crippen LogP contribution in [-0.2, 0) is 6.61 Å². The van der Waals surface area contributed by atoms with Crippen LogP contribution in [0.4, 0.5) is 0 Å². The zero-order valence-corrected chi connectivity index (χ0v) is 14.0. The second-order valence-electron chi connectivity index (χ2n) is 5.68. The lowest BCUT2D eigenvalue weighted by Crippen LogP contribution is -2.00. The molecule has 0 radical (unpaired) electrons. The van der Waals surface area contributed by atoms with E-state index < -0.39 is 12.1 Å². The third-order valence-electron chi connectivity index (χ3n) is 3.93. The lowest BCUT2D eigenvalue weighted by atomic mass is 10.0. The van der Waals surface area contributed by atoms with Crippen LogP contribution in [0.3, 0.4) is 0 Å². The van der Waals surface area contributed by atoms with E-state index in [9.17, 15) is 15.2 Å². The number of ether oxygens (including phenoxy) is 1. The fraction of sp³-hybridized carbons (Fsp3) is 0.211. The van der Waals surface area contributed by atoms with Gasteiger partial charge in [-0.15, -0.1) is 0 Å². The van der Waals surface area contributed by atoms with E-state index in [4.69, 9.17) is 14.3 Å². The molecule has 2 aromatic carbocycles. The number of nitrogens with zero attached hydrogens (tertiary/aromatic N) is 2. The number of carbonyl (C=O) groups is 1. The first-order chi connectivity index (χ1) is 12.5. The summed E-state index contributed by atoms with van der Waals surface area (Å²) in [5, 5.41) is 28.2. The van der Waals surface area contributed by atoms with Gasteiger partial charge in [-0.05, 0) is 42.3 Å². The zero-order valence-electron chi connectivity index (χ0n) is 14.0. The molecular formula is C19H16N2O5.